The molecule has 0 radical (unpaired) electrons. The number of carbonyl (C=O) groups is 4. The van der Waals surface area contributed by atoms with E-state index >= 15 is 0 Å². The third kappa shape index (κ3) is 6.08. The Labute approximate surface area is 221 Å². The van der Waals surface area contributed by atoms with Crippen molar-refractivity contribution in [2.75, 3.05) is 23.9 Å². The largest absolute Gasteiger partial charge is 0.497 e. The third-order valence-electron chi connectivity index (χ3n) is 5.19. The van der Waals surface area contributed by atoms with Crippen LogP contribution in [0.25, 0.3) is 6.08 Å². The summed E-state index contributed by atoms with van der Waals surface area (Å²) in [6.07, 6.45) is 1.25. The summed E-state index contributed by atoms with van der Waals surface area (Å²) in [7, 11) is 1.54. The van der Waals surface area contributed by atoms with Gasteiger partial charge in [-0.2, -0.15) is 0 Å². The van der Waals surface area contributed by atoms with Gasteiger partial charge in [-0.25, -0.2) is 9.69 Å². The molecule has 5 amide bonds. The molecule has 0 unspecified atom stereocenters. The molecule has 0 atom stereocenters. The van der Waals surface area contributed by atoms with E-state index in [1.54, 1.807) is 24.3 Å². The van der Waals surface area contributed by atoms with E-state index in [1.165, 1.54) is 55.7 Å². The van der Waals surface area contributed by atoms with E-state index in [9.17, 15) is 19.2 Å². The van der Waals surface area contributed by atoms with Crippen LogP contribution < -0.4 is 25.0 Å². The van der Waals surface area contributed by atoms with Crippen LogP contribution in [0.4, 0.5) is 16.2 Å². The molecule has 4 rings (SSSR count). The summed E-state index contributed by atoms with van der Waals surface area (Å²) in [6.45, 7) is -0.362. The smallest absolute Gasteiger partial charge is 0.335 e. The molecule has 0 spiro atoms. The molecule has 2 N–H and O–H groups in total. The molecule has 0 bridgehead atoms. The molecule has 1 saturated heterocycles. The fourth-order valence-electron chi connectivity index (χ4n) is 3.42. The Kier molecular flexibility index (Phi) is 7.76. The maximum Gasteiger partial charge on any atom is 0.335 e. The lowest BCUT2D eigenvalue weighted by molar-refractivity contribution is -0.122. The van der Waals surface area contributed by atoms with Crippen molar-refractivity contribution < 1.29 is 28.7 Å². The van der Waals surface area contributed by atoms with Gasteiger partial charge in [0.1, 0.15) is 17.1 Å². The number of rotatable bonds is 7. The van der Waals surface area contributed by atoms with Crippen molar-refractivity contribution >= 4 is 64.4 Å². The molecule has 0 aromatic heterocycles. The first kappa shape index (κ1) is 25.7. The molecule has 1 aliphatic rings. The number of amides is 5. The van der Waals surface area contributed by atoms with Crippen molar-refractivity contribution in [3.63, 3.8) is 0 Å². The van der Waals surface area contributed by atoms with E-state index in [1.807, 2.05) is 0 Å². The Hall–Kier alpha value is -4.34. The van der Waals surface area contributed by atoms with Gasteiger partial charge in [0.05, 0.1) is 12.8 Å². The van der Waals surface area contributed by atoms with Crippen LogP contribution in [0.3, 0.4) is 0 Å². The number of barbiturate groups is 1. The minimum Gasteiger partial charge on any atom is -0.497 e. The van der Waals surface area contributed by atoms with Crippen LogP contribution in [0.5, 0.6) is 11.5 Å². The molecule has 37 heavy (non-hydrogen) atoms. The number of imide groups is 2. The number of halogens is 2. The van der Waals surface area contributed by atoms with Crippen molar-refractivity contribution in [3.05, 3.63) is 87.9 Å². The fourth-order valence-corrected chi connectivity index (χ4v) is 3.72. The number of nitrogens with one attached hydrogen (secondary N) is 2. The standard InChI is InChI=1S/C26H19Cl2N3O6/c1-36-20-9-5-18(6-10-20)29-23(32)14-37-22-11-4-17(28)12-15(22)13-21-24(33)30-26(35)31(25(21)34)19-7-2-16(27)3-8-19/h2-13H,14H2,1H3,(H,29,32)(H,30,33,35)/b21-13-. The molecule has 3 aromatic rings. The van der Waals surface area contributed by atoms with Gasteiger partial charge >= 0.3 is 6.03 Å². The second-order valence-corrected chi connectivity index (χ2v) is 8.55. The topological polar surface area (TPSA) is 114 Å². The maximum atomic E-state index is 13.1. The van der Waals surface area contributed by atoms with Gasteiger partial charge in [0, 0.05) is 21.3 Å². The Bertz CT molecular complexity index is 1400. The van der Waals surface area contributed by atoms with Crippen molar-refractivity contribution in [2.45, 2.75) is 0 Å². The van der Waals surface area contributed by atoms with E-state index < -0.39 is 23.8 Å². The van der Waals surface area contributed by atoms with Gasteiger partial charge in [-0.05, 0) is 72.8 Å². The Balaban J connectivity index is 1.55. The number of carbonyl (C=O) groups excluding carboxylic acids is 4. The number of benzene rings is 3. The Morgan fingerprint density at radius 2 is 1.65 bits per heavy atom. The summed E-state index contributed by atoms with van der Waals surface area (Å²) in [5, 5.41) is 5.55. The second kappa shape index (κ2) is 11.2. The van der Waals surface area contributed by atoms with Gasteiger partial charge < -0.3 is 14.8 Å². The highest BCUT2D eigenvalue weighted by Gasteiger charge is 2.37. The summed E-state index contributed by atoms with van der Waals surface area (Å²) in [6, 6.07) is 16.3. The molecular formula is C26H19Cl2N3O6. The number of ether oxygens (including phenoxy) is 2. The molecule has 9 nitrogen and oxygen atoms in total. The normalized spacial score (nSPS) is 14.4. The fraction of sp³-hybridized carbons (Fsp3) is 0.0769. The molecular weight excluding hydrogens is 521 g/mol. The zero-order valence-electron chi connectivity index (χ0n) is 19.3. The van der Waals surface area contributed by atoms with Gasteiger partial charge in [-0.3, -0.25) is 19.7 Å². The first-order chi connectivity index (χ1) is 17.7. The molecule has 188 valence electrons. The number of hydrogen-bond acceptors (Lipinski definition) is 6. The lowest BCUT2D eigenvalue weighted by atomic mass is 10.1. The van der Waals surface area contributed by atoms with E-state index in [0.29, 0.717) is 21.5 Å². The molecule has 3 aromatic carbocycles. The highest BCUT2D eigenvalue weighted by molar-refractivity contribution is 6.39. The summed E-state index contributed by atoms with van der Waals surface area (Å²) >= 11 is 12.0. The number of urea groups is 1. The zero-order valence-corrected chi connectivity index (χ0v) is 20.8. The zero-order chi connectivity index (χ0) is 26.5. The summed E-state index contributed by atoms with van der Waals surface area (Å²) < 4.78 is 10.7. The van der Waals surface area contributed by atoms with Gasteiger partial charge in [0.15, 0.2) is 6.61 Å². The first-order valence-corrected chi connectivity index (χ1v) is 11.5. The van der Waals surface area contributed by atoms with E-state index in [-0.39, 0.29) is 29.2 Å². The van der Waals surface area contributed by atoms with Crippen LogP contribution in [-0.2, 0) is 14.4 Å². The lowest BCUT2D eigenvalue weighted by Crippen LogP contribution is -2.54. The average Bonchev–Trinajstić information content (AvgIpc) is 2.87. The van der Waals surface area contributed by atoms with Crippen molar-refractivity contribution in [2.24, 2.45) is 0 Å². The quantitative estimate of drug-likeness (QED) is 0.332. The molecule has 1 aliphatic heterocycles. The van der Waals surface area contributed by atoms with Crippen LogP contribution in [0.2, 0.25) is 10.0 Å². The second-order valence-electron chi connectivity index (χ2n) is 7.68. The van der Waals surface area contributed by atoms with Gasteiger partial charge in [0.2, 0.25) is 0 Å². The van der Waals surface area contributed by atoms with Crippen LogP contribution in [-0.4, -0.2) is 37.5 Å². The van der Waals surface area contributed by atoms with Crippen LogP contribution >= 0.6 is 23.2 Å². The van der Waals surface area contributed by atoms with E-state index in [2.05, 4.69) is 10.6 Å². The Morgan fingerprint density at radius 3 is 2.32 bits per heavy atom. The number of anilines is 2. The molecule has 11 heteroatoms. The summed E-state index contributed by atoms with van der Waals surface area (Å²) in [5.74, 6) is -1.34. The number of nitrogens with zero attached hydrogens (tertiary/aromatic N) is 1. The minimum absolute atomic E-state index is 0.192. The summed E-state index contributed by atoms with van der Waals surface area (Å²) in [5.41, 5.74) is 0.699. The molecule has 0 aliphatic carbocycles. The predicted molar refractivity (Wildman–Crippen MR) is 139 cm³/mol. The van der Waals surface area contributed by atoms with Crippen LogP contribution in [0.1, 0.15) is 5.56 Å². The van der Waals surface area contributed by atoms with Crippen LogP contribution in [0, 0.1) is 0 Å². The van der Waals surface area contributed by atoms with Crippen molar-refractivity contribution in [1.29, 1.82) is 0 Å². The maximum absolute atomic E-state index is 13.1. The molecule has 1 fully saturated rings. The first-order valence-electron chi connectivity index (χ1n) is 10.8. The van der Waals surface area contributed by atoms with Gasteiger partial charge in [-0.15, -0.1) is 0 Å². The van der Waals surface area contributed by atoms with Crippen molar-refractivity contribution in [3.8, 4) is 11.5 Å². The summed E-state index contributed by atoms with van der Waals surface area (Å²) in [4.78, 5) is 51.3. The average molecular weight is 540 g/mol. The number of hydrogen-bond donors (Lipinski definition) is 2. The highest BCUT2D eigenvalue weighted by atomic mass is 35.5. The predicted octanol–water partition coefficient (Wildman–Crippen LogP) is 4.69. The van der Waals surface area contributed by atoms with Crippen molar-refractivity contribution in [1.82, 2.24) is 5.32 Å². The van der Waals surface area contributed by atoms with E-state index in [0.717, 1.165) is 4.90 Å². The molecule has 0 saturated carbocycles. The monoisotopic (exact) mass is 539 g/mol. The van der Waals surface area contributed by atoms with Crippen LogP contribution in [0.15, 0.2) is 72.3 Å². The highest BCUT2D eigenvalue weighted by Crippen LogP contribution is 2.28. The number of methoxy groups -OCH3 is 1. The van der Waals surface area contributed by atoms with Gasteiger partial charge in [-0.1, -0.05) is 23.2 Å². The lowest BCUT2D eigenvalue weighted by Gasteiger charge is -2.26. The van der Waals surface area contributed by atoms with E-state index in [4.69, 9.17) is 32.7 Å². The third-order valence-corrected chi connectivity index (χ3v) is 5.68. The Morgan fingerprint density at radius 1 is 0.973 bits per heavy atom. The van der Waals surface area contributed by atoms with Gasteiger partial charge in [0.25, 0.3) is 17.7 Å². The molecule has 1 heterocycles. The minimum atomic E-state index is -0.896. The SMILES string of the molecule is COc1ccc(NC(=O)COc2ccc(Cl)cc2/C=C2/C(=O)NC(=O)N(c3ccc(Cl)cc3)C2=O)cc1.